The molecule has 5 N–H and O–H groups in total. The number of nitrogens with one attached hydrogen (secondary N) is 1. The SMILES string of the molecule is O=C(O)CN1CCNCCN(CC(=O)O)CCN(Cc2cccc(C(=O)O)c2O)CC1. The number of benzene rings is 1. The van der Waals surface area contributed by atoms with Gasteiger partial charge in [0.25, 0.3) is 0 Å². The van der Waals surface area contributed by atoms with Crippen LogP contribution >= 0.6 is 0 Å². The Morgan fingerprint density at radius 3 is 1.81 bits per heavy atom. The van der Waals surface area contributed by atoms with Crippen LogP contribution in [0.1, 0.15) is 15.9 Å². The Morgan fingerprint density at radius 1 is 0.806 bits per heavy atom. The highest BCUT2D eigenvalue weighted by Gasteiger charge is 2.19. The van der Waals surface area contributed by atoms with Crippen molar-refractivity contribution in [2.45, 2.75) is 6.54 Å². The number of carboxylic acids is 3. The molecule has 0 aromatic heterocycles. The molecule has 1 fully saturated rings. The molecule has 1 aromatic carbocycles. The Morgan fingerprint density at radius 2 is 1.32 bits per heavy atom. The first-order chi connectivity index (χ1) is 14.8. The average Bonchev–Trinajstić information content (AvgIpc) is 2.68. The van der Waals surface area contributed by atoms with Crippen molar-refractivity contribution >= 4 is 17.9 Å². The maximum Gasteiger partial charge on any atom is 0.339 e. The lowest BCUT2D eigenvalue weighted by molar-refractivity contribution is -0.139. The first kappa shape index (κ1) is 24.5. The lowest BCUT2D eigenvalue weighted by Crippen LogP contribution is -2.46. The average molecular weight is 438 g/mol. The summed E-state index contributed by atoms with van der Waals surface area (Å²) in [6.07, 6.45) is 0. The quantitative estimate of drug-likeness (QED) is 0.366. The molecule has 1 aliphatic heterocycles. The molecule has 0 spiro atoms. The molecule has 2 rings (SSSR count). The van der Waals surface area contributed by atoms with Crippen molar-refractivity contribution in [2.24, 2.45) is 0 Å². The number of carbonyl (C=O) groups is 3. The molecule has 1 saturated heterocycles. The molecular formula is C20H30N4O7. The largest absolute Gasteiger partial charge is 0.507 e. The molecule has 31 heavy (non-hydrogen) atoms. The number of hydrogen-bond donors (Lipinski definition) is 5. The lowest BCUT2D eigenvalue weighted by atomic mass is 10.1. The monoisotopic (exact) mass is 438 g/mol. The Labute approximate surface area is 180 Å². The molecule has 1 aliphatic rings. The molecule has 0 aliphatic carbocycles. The fraction of sp³-hybridized carbons (Fsp3) is 0.550. The van der Waals surface area contributed by atoms with E-state index in [2.05, 4.69) is 5.32 Å². The second-order valence-corrected chi connectivity index (χ2v) is 7.48. The zero-order valence-corrected chi connectivity index (χ0v) is 17.4. The molecule has 0 amide bonds. The predicted octanol–water partition coefficient (Wildman–Crippen LogP) is -0.731. The summed E-state index contributed by atoms with van der Waals surface area (Å²) >= 11 is 0. The standard InChI is InChI=1S/C20H30N4O7/c25-17(26)13-22-6-4-21-5-7-23(14-18(27)28)9-11-24(10-8-22)12-15-2-1-3-16(19(15)29)20(30)31/h1-3,21,29H,4-14H2,(H,25,26)(H,27,28)(H,30,31). The van der Waals surface area contributed by atoms with Gasteiger partial charge in [-0.2, -0.15) is 0 Å². The maximum absolute atomic E-state index is 11.3. The third-order valence-corrected chi connectivity index (χ3v) is 5.14. The number of aromatic hydroxyl groups is 1. The van der Waals surface area contributed by atoms with Gasteiger partial charge >= 0.3 is 17.9 Å². The number of para-hydroxylation sites is 1. The van der Waals surface area contributed by atoms with E-state index in [0.29, 0.717) is 57.9 Å². The number of aromatic carboxylic acids is 1. The number of hydrogen-bond acceptors (Lipinski definition) is 8. The van der Waals surface area contributed by atoms with Gasteiger partial charge in [-0.15, -0.1) is 0 Å². The van der Waals surface area contributed by atoms with Gasteiger partial charge in [-0.3, -0.25) is 24.3 Å². The van der Waals surface area contributed by atoms with Crippen molar-refractivity contribution in [1.82, 2.24) is 20.0 Å². The molecular weight excluding hydrogens is 408 g/mol. The van der Waals surface area contributed by atoms with Gasteiger partial charge in [-0.05, 0) is 6.07 Å². The van der Waals surface area contributed by atoms with E-state index in [-0.39, 0.29) is 30.9 Å². The lowest BCUT2D eigenvalue weighted by Gasteiger charge is -2.30. The Balaban J connectivity index is 2.17. The summed E-state index contributed by atoms with van der Waals surface area (Å²) in [4.78, 5) is 39.3. The second kappa shape index (κ2) is 12.2. The van der Waals surface area contributed by atoms with Crippen LogP contribution < -0.4 is 5.32 Å². The molecule has 172 valence electrons. The third-order valence-electron chi connectivity index (χ3n) is 5.14. The predicted molar refractivity (Wildman–Crippen MR) is 111 cm³/mol. The Hall–Kier alpha value is -2.73. The molecule has 11 heteroatoms. The molecule has 1 aromatic rings. The van der Waals surface area contributed by atoms with Crippen LogP contribution in [0, 0.1) is 0 Å². The van der Waals surface area contributed by atoms with Crippen LogP contribution in [-0.4, -0.2) is 118 Å². The van der Waals surface area contributed by atoms with Crippen molar-refractivity contribution in [1.29, 1.82) is 0 Å². The highest BCUT2D eigenvalue weighted by Crippen LogP contribution is 2.24. The molecule has 0 unspecified atom stereocenters. The minimum atomic E-state index is -1.22. The van der Waals surface area contributed by atoms with Gasteiger partial charge in [0, 0.05) is 64.5 Å². The normalized spacial score (nSPS) is 18.1. The summed E-state index contributed by atoms with van der Waals surface area (Å²) in [5.74, 6) is -3.35. The first-order valence-electron chi connectivity index (χ1n) is 10.1. The minimum Gasteiger partial charge on any atom is -0.507 e. The van der Waals surface area contributed by atoms with Gasteiger partial charge in [0.05, 0.1) is 13.1 Å². The van der Waals surface area contributed by atoms with E-state index in [9.17, 15) is 24.6 Å². The number of rotatable bonds is 7. The van der Waals surface area contributed by atoms with Crippen molar-refractivity contribution in [3.8, 4) is 5.75 Å². The Bertz CT molecular complexity index is 744. The summed E-state index contributed by atoms with van der Waals surface area (Å²) in [6.45, 7) is 4.16. The van der Waals surface area contributed by atoms with Crippen LogP contribution in [-0.2, 0) is 16.1 Å². The fourth-order valence-electron chi connectivity index (χ4n) is 3.49. The smallest absolute Gasteiger partial charge is 0.339 e. The van der Waals surface area contributed by atoms with Gasteiger partial charge in [-0.25, -0.2) is 4.79 Å². The van der Waals surface area contributed by atoms with Crippen molar-refractivity contribution < 1.29 is 34.8 Å². The van der Waals surface area contributed by atoms with Gasteiger partial charge in [0.15, 0.2) is 0 Å². The second-order valence-electron chi connectivity index (χ2n) is 7.48. The van der Waals surface area contributed by atoms with Gasteiger partial charge in [0.2, 0.25) is 0 Å². The van der Waals surface area contributed by atoms with E-state index < -0.39 is 17.9 Å². The summed E-state index contributed by atoms with van der Waals surface area (Å²) in [6, 6.07) is 4.54. The number of carboxylic acid groups (broad SMARTS) is 3. The molecule has 0 bridgehead atoms. The van der Waals surface area contributed by atoms with E-state index >= 15 is 0 Å². The van der Waals surface area contributed by atoms with Gasteiger partial charge in [0.1, 0.15) is 11.3 Å². The van der Waals surface area contributed by atoms with Crippen molar-refractivity contribution in [3.05, 3.63) is 29.3 Å². The van der Waals surface area contributed by atoms with Crippen LogP contribution in [0.25, 0.3) is 0 Å². The van der Waals surface area contributed by atoms with Gasteiger partial charge < -0.3 is 25.7 Å². The fourth-order valence-corrected chi connectivity index (χ4v) is 3.49. The third kappa shape index (κ3) is 8.50. The van der Waals surface area contributed by atoms with E-state index in [1.54, 1.807) is 12.1 Å². The number of nitrogens with zero attached hydrogens (tertiary/aromatic N) is 3. The van der Waals surface area contributed by atoms with Crippen LogP contribution in [0.3, 0.4) is 0 Å². The van der Waals surface area contributed by atoms with Crippen LogP contribution in [0.2, 0.25) is 0 Å². The summed E-state index contributed by atoms with van der Waals surface area (Å²) in [7, 11) is 0. The molecule has 0 radical (unpaired) electrons. The molecule has 0 saturated carbocycles. The highest BCUT2D eigenvalue weighted by molar-refractivity contribution is 5.91. The topological polar surface area (TPSA) is 154 Å². The van der Waals surface area contributed by atoms with Crippen molar-refractivity contribution in [3.63, 3.8) is 0 Å². The zero-order valence-electron chi connectivity index (χ0n) is 17.4. The zero-order chi connectivity index (χ0) is 22.8. The number of aliphatic carboxylic acids is 2. The summed E-state index contributed by atoms with van der Waals surface area (Å²) in [5.41, 5.74) is 0.265. The van der Waals surface area contributed by atoms with Crippen molar-refractivity contribution in [2.75, 3.05) is 65.4 Å². The maximum atomic E-state index is 11.3. The molecule has 1 heterocycles. The summed E-state index contributed by atoms with van der Waals surface area (Å²) in [5, 5.41) is 41.1. The molecule has 0 atom stereocenters. The van der Waals surface area contributed by atoms with E-state index in [1.165, 1.54) is 6.07 Å². The van der Waals surface area contributed by atoms with Crippen LogP contribution in [0.15, 0.2) is 18.2 Å². The summed E-state index contributed by atoms with van der Waals surface area (Å²) < 4.78 is 0. The van der Waals surface area contributed by atoms with E-state index in [4.69, 9.17) is 10.2 Å². The van der Waals surface area contributed by atoms with Gasteiger partial charge in [-0.1, -0.05) is 12.1 Å². The highest BCUT2D eigenvalue weighted by atomic mass is 16.4. The van der Waals surface area contributed by atoms with Crippen LogP contribution in [0.4, 0.5) is 0 Å². The number of phenols is 1. The van der Waals surface area contributed by atoms with Crippen LogP contribution in [0.5, 0.6) is 5.75 Å². The molecule has 11 nitrogen and oxygen atoms in total. The minimum absolute atomic E-state index is 0.0968. The van der Waals surface area contributed by atoms with E-state index in [1.807, 2.05) is 14.7 Å². The Kier molecular flexibility index (Phi) is 9.66. The first-order valence-corrected chi connectivity index (χ1v) is 10.1. The van der Waals surface area contributed by atoms with E-state index in [0.717, 1.165) is 0 Å².